The molecule has 1 N–H and O–H groups in total. The predicted molar refractivity (Wildman–Crippen MR) is 70.2 cm³/mol. The molecule has 0 aliphatic carbocycles. The summed E-state index contributed by atoms with van der Waals surface area (Å²) >= 11 is 0. The third-order valence-corrected chi connectivity index (χ3v) is 2.60. The van der Waals surface area contributed by atoms with Crippen LogP contribution in [-0.4, -0.2) is 22.4 Å². The van der Waals surface area contributed by atoms with Gasteiger partial charge in [0.2, 0.25) is 0 Å². The van der Waals surface area contributed by atoms with Gasteiger partial charge in [-0.15, -0.1) is 0 Å². The summed E-state index contributed by atoms with van der Waals surface area (Å²) in [6, 6.07) is 5.56. The fourth-order valence-corrected chi connectivity index (χ4v) is 1.76. The van der Waals surface area contributed by atoms with Crippen LogP contribution in [0.3, 0.4) is 0 Å². The highest BCUT2D eigenvalue weighted by molar-refractivity contribution is 6.00. The zero-order chi connectivity index (χ0) is 13.0. The van der Waals surface area contributed by atoms with Crippen LogP contribution in [0.15, 0.2) is 36.8 Å². The van der Waals surface area contributed by atoms with Gasteiger partial charge < -0.3 is 5.32 Å². The second-order valence-corrected chi connectivity index (χ2v) is 3.97. The van der Waals surface area contributed by atoms with Gasteiger partial charge in [0.25, 0.3) is 5.91 Å². The highest BCUT2D eigenvalue weighted by Crippen LogP contribution is 2.22. The van der Waals surface area contributed by atoms with Crippen LogP contribution in [0.5, 0.6) is 0 Å². The molecule has 2 aromatic heterocycles. The first-order chi connectivity index (χ1) is 8.72. The van der Waals surface area contributed by atoms with Gasteiger partial charge in [-0.25, -0.2) is 0 Å². The van der Waals surface area contributed by atoms with Crippen molar-refractivity contribution in [2.24, 2.45) is 0 Å². The van der Waals surface area contributed by atoms with Crippen LogP contribution in [0.4, 0.5) is 0 Å². The molecule has 0 saturated carbocycles. The van der Waals surface area contributed by atoms with E-state index in [1.807, 2.05) is 26.0 Å². The molecular formula is C14H15N3O. The Morgan fingerprint density at radius 2 is 2.22 bits per heavy atom. The molecule has 0 fully saturated rings. The summed E-state index contributed by atoms with van der Waals surface area (Å²) in [4.78, 5) is 20.4. The lowest BCUT2D eigenvalue weighted by molar-refractivity contribution is 0.0956. The molecule has 0 radical (unpaired) electrons. The van der Waals surface area contributed by atoms with Crippen molar-refractivity contribution in [1.29, 1.82) is 0 Å². The van der Waals surface area contributed by atoms with Crippen molar-refractivity contribution >= 4 is 5.91 Å². The Morgan fingerprint density at radius 1 is 1.39 bits per heavy atom. The van der Waals surface area contributed by atoms with E-state index >= 15 is 0 Å². The van der Waals surface area contributed by atoms with Crippen molar-refractivity contribution < 1.29 is 4.79 Å². The van der Waals surface area contributed by atoms with Gasteiger partial charge in [-0.1, -0.05) is 6.07 Å². The number of amides is 1. The fraction of sp³-hybridized carbons (Fsp3) is 0.214. The van der Waals surface area contributed by atoms with Crippen LogP contribution >= 0.6 is 0 Å². The fourth-order valence-electron chi connectivity index (χ4n) is 1.76. The average Bonchev–Trinajstić information content (AvgIpc) is 2.40. The van der Waals surface area contributed by atoms with Gasteiger partial charge in [0, 0.05) is 42.0 Å². The van der Waals surface area contributed by atoms with Crippen molar-refractivity contribution in [3.8, 4) is 11.1 Å². The van der Waals surface area contributed by atoms with E-state index in [2.05, 4.69) is 15.3 Å². The molecule has 0 bridgehead atoms. The number of hydrogen-bond donors (Lipinski definition) is 1. The van der Waals surface area contributed by atoms with E-state index in [1.54, 1.807) is 24.7 Å². The molecule has 0 spiro atoms. The molecule has 0 aliphatic heterocycles. The number of carbonyl (C=O) groups is 1. The lowest BCUT2D eigenvalue weighted by Gasteiger charge is -2.09. The number of hydrogen-bond acceptors (Lipinski definition) is 3. The summed E-state index contributed by atoms with van der Waals surface area (Å²) in [5.74, 6) is -0.0816. The molecule has 2 rings (SSSR count). The maximum absolute atomic E-state index is 12.0. The minimum atomic E-state index is -0.0816. The number of nitrogens with one attached hydrogen (secondary N) is 1. The molecule has 92 valence electrons. The lowest BCUT2D eigenvalue weighted by Crippen LogP contribution is -2.23. The zero-order valence-electron chi connectivity index (χ0n) is 10.5. The molecular weight excluding hydrogens is 226 g/mol. The highest BCUT2D eigenvalue weighted by atomic mass is 16.1. The molecule has 0 saturated heterocycles. The Hall–Kier alpha value is -2.23. The normalized spacial score (nSPS) is 10.1. The molecule has 0 aromatic carbocycles. The smallest absolute Gasteiger partial charge is 0.252 e. The molecule has 4 nitrogen and oxygen atoms in total. The molecule has 2 aromatic rings. The minimum Gasteiger partial charge on any atom is -0.352 e. The Balaban J connectivity index is 2.51. The first-order valence-corrected chi connectivity index (χ1v) is 5.87. The first-order valence-electron chi connectivity index (χ1n) is 5.87. The standard InChI is InChI=1S/C14H15N3O/c1-3-16-14(18)12-7-10(2)17-9-13(12)11-5-4-6-15-8-11/h4-9H,3H2,1-2H3,(H,16,18). The van der Waals surface area contributed by atoms with E-state index in [0.717, 1.165) is 16.8 Å². The van der Waals surface area contributed by atoms with Gasteiger partial charge in [-0.05, 0) is 26.0 Å². The summed E-state index contributed by atoms with van der Waals surface area (Å²) in [7, 11) is 0. The van der Waals surface area contributed by atoms with Gasteiger partial charge in [-0.3, -0.25) is 14.8 Å². The molecule has 0 aliphatic rings. The van der Waals surface area contributed by atoms with Crippen LogP contribution < -0.4 is 5.32 Å². The number of rotatable bonds is 3. The molecule has 0 unspecified atom stereocenters. The van der Waals surface area contributed by atoms with Gasteiger partial charge >= 0.3 is 0 Å². The monoisotopic (exact) mass is 241 g/mol. The minimum absolute atomic E-state index is 0.0816. The molecule has 2 heterocycles. The van der Waals surface area contributed by atoms with Gasteiger partial charge in [0.1, 0.15) is 0 Å². The molecule has 4 heteroatoms. The van der Waals surface area contributed by atoms with E-state index in [4.69, 9.17) is 0 Å². The predicted octanol–water partition coefficient (Wildman–Crippen LogP) is 2.20. The van der Waals surface area contributed by atoms with Gasteiger partial charge in [0.05, 0.1) is 5.56 Å². The molecule has 0 atom stereocenters. The highest BCUT2D eigenvalue weighted by Gasteiger charge is 2.13. The number of nitrogens with zero attached hydrogens (tertiary/aromatic N) is 2. The summed E-state index contributed by atoms with van der Waals surface area (Å²) in [6.07, 6.45) is 5.16. The second kappa shape index (κ2) is 5.40. The maximum Gasteiger partial charge on any atom is 0.252 e. The van der Waals surface area contributed by atoms with Crippen LogP contribution in [0, 0.1) is 6.92 Å². The first kappa shape index (κ1) is 12.2. The van der Waals surface area contributed by atoms with Crippen LogP contribution in [0.2, 0.25) is 0 Å². The van der Waals surface area contributed by atoms with Crippen molar-refractivity contribution in [3.63, 3.8) is 0 Å². The maximum atomic E-state index is 12.0. The largest absolute Gasteiger partial charge is 0.352 e. The Labute approximate surface area is 106 Å². The third kappa shape index (κ3) is 2.53. The van der Waals surface area contributed by atoms with E-state index in [1.165, 1.54) is 0 Å². The van der Waals surface area contributed by atoms with Crippen molar-refractivity contribution in [2.75, 3.05) is 6.54 Å². The summed E-state index contributed by atoms with van der Waals surface area (Å²) in [5, 5.41) is 2.81. The number of pyridine rings is 2. The van der Waals surface area contributed by atoms with Crippen LogP contribution in [-0.2, 0) is 0 Å². The SMILES string of the molecule is CCNC(=O)c1cc(C)ncc1-c1cccnc1. The van der Waals surface area contributed by atoms with Crippen LogP contribution in [0.25, 0.3) is 11.1 Å². The number of aromatic nitrogens is 2. The second-order valence-electron chi connectivity index (χ2n) is 3.97. The van der Waals surface area contributed by atoms with E-state index in [0.29, 0.717) is 12.1 Å². The lowest BCUT2D eigenvalue weighted by atomic mass is 10.0. The van der Waals surface area contributed by atoms with Crippen molar-refractivity contribution in [1.82, 2.24) is 15.3 Å². The van der Waals surface area contributed by atoms with E-state index < -0.39 is 0 Å². The summed E-state index contributed by atoms with van der Waals surface area (Å²) in [6.45, 7) is 4.37. The van der Waals surface area contributed by atoms with Gasteiger partial charge in [0.15, 0.2) is 0 Å². The van der Waals surface area contributed by atoms with Gasteiger partial charge in [-0.2, -0.15) is 0 Å². The van der Waals surface area contributed by atoms with Crippen LogP contribution in [0.1, 0.15) is 23.0 Å². The van der Waals surface area contributed by atoms with Crippen molar-refractivity contribution in [2.45, 2.75) is 13.8 Å². The molecule has 18 heavy (non-hydrogen) atoms. The Morgan fingerprint density at radius 3 is 2.89 bits per heavy atom. The summed E-state index contributed by atoms with van der Waals surface area (Å²) < 4.78 is 0. The topological polar surface area (TPSA) is 54.9 Å². The van der Waals surface area contributed by atoms with E-state index in [-0.39, 0.29) is 5.91 Å². The molecule has 1 amide bonds. The van der Waals surface area contributed by atoms with E-state index in [9.17, 15) is 4.79 Å². The Kier molecular flexibility index (Phi) is 3.67. The number of carbonyl (C=O) groups excluding carboxylic acids is 1. The van der Waals surface area contributed by atoms with Crippen molar-refractivity contribution in [3.05, 3.63) is 48.0 Å². The Bertz CT molecular complexity index is 552. The summed E-state index contributed by atoms with van der Waals surface area (Å²) in [5.41, 5.74) is 3.16. The third-order valence-electron chi connectivity index (χ3n) is 2.60. The number of aryl methyl sites for hydroxylation is 1. The zero-order valence-corrected chi connectivity index (χ0v) is 10.5. The average molecular weight is 241 g/mol. The quantitative estimate of drug-likeness (QED) is 0.896.